The second-order valence-electron chi connectivity index (χ2n) is 9.70. The summed E-state index contributed by atoms with van der Waals surface area (Å²) in [7, 11) is 5.61. The minimum Gasteiger partial charge on any atom is -0.495 e. The Morgan fingerprint density at radius 2 is 1.80 bits per heavy atom. The number of hydrogen-bond acceptors (Lipinski definition) is 7. The molecule has 0 bridgehead atoms. The molecule has 0 saturated carbocycles. The molecule has 0 radical (unpaired) electrons. The lowest BCUT2D eigenvalue weighted by molar-refractivity contribution is 0.0115. The van der Waals surface area contributed by atoms with Crippen molar-refractivity contribution < 1.29 is 9.47 Å². The first-order chi connectivity index (χ1) is 16.9. The van der Waals surface area contributed by atoms with Gasteiger partial charge in [0.1, 0.15) is 11.4 Å². The van der Waals surface area contributed by atoms with E-state index in [1.54, 1.807) is 17.6 Å². The van der Waals surface area contributed by atoms with E-state index >= 15 is 0 Å². The monoisotopic (exact) mass is 477 g/mol. The van der Waals surface area contributed by atoms with Gasteiger partial charge < -0.3 is 19.3 Å². The summed E-state index contributed by atoms with van der Waals surface area (Å²) in [5, 5.41) is 0. The van der Waals surface area contributed by atoms with Crippen LogP contribution in [0.15, 0.2) is 41.3 Å². The summed E-state index contributed by atoms with van der Waals surface area (Å²) < 4.78 is 12.7. The van der Waals surface area contributed by atoms with Gasteiger partial charge in [0.05, 0.1) is 37.4 Å². The Kier molecular flexibility index (Phi) is 6.67. The smallest absolute Gasteiger partial charge is 0.258 e. The van der Waals surface area contributed by atoms with Crippen molar-refractivity contribution in [2.75, 3.05) is 70.4 Å². The van der Waals surface area contributed by atoms with Crippen molar-refractivity contribution in [3.8, 4) is 17.0 Å². The normalized spacial score (nSPS) is 17.7. The van der Waals surface area contributed by atoms with Crippen LogP contribution in [0, 0.1) is 6.92 Å². The molecule has 1 aromatic carbocycles. The van der Waals surface area contributed by atoms with E-state index in [0.717, 1.165) is 80.5 Å². The molecule has 4 heterocycles. The lowest BCUT2D eigenvalue weighted by atomic mass is 10.0. The number of pyridine rings is 1. The Hall–Kier alpha value is -3.10. The first-order valence-electron chi connectivity index (χ1n) is 12.4. The zero-order valence-corrected chi connectivity index (χ0v) is 21.2. The van der Waals surface area contributed by atoms with Gasteiger partial charge in [0, 0.05) is 64.1 Å². The quantitative estimate of drug-likeness (QED) is 0.560. The zero-order valence-electron chi connectivity index (χ0n) is 21.2. The van der Waals surface area contributed by atoms with Crippen LogP contribution in [0.3, 0.4) is 0 Å². The molecule has 0 spiro atoms. The van der Waals surface area contributed by atoms with Crippen molar-refractivity contribution in [3.63, 3.8) is 0 Å². The van der Waals surface area contributed by atoms with Crippen molar-refractivity contribution in [2.45, 2.75) is 25.8 Å². The van der Waals surface area contributed by atoms with Gasteiger partial charge in [0.25, 0.3) is 5.56 Å². The number of benzene rings is 1. The third-order valence-corrected chi connectivity index (χ3v) is 7.28. The Morgan fingerprint density at radius 3 is 2.49 bits per heavy atom. The SMILES string of the molecule is COc1ccc(-c2cc(=O)n3cc(N4CCC(N5CCOCC5)CC4)cc(C)c3n2)cc1N(C)C. The molecule has 35 heavy (non-hydrogen) atoms. The summed E-state index contributed by atoms with van der Waals surface area (Å²) in [6, 6.07) is 10.3. The fraction of sp³-hybridized carbons (Fsp3) is 0.481. The van der Waals surface area contributed by atoms with E-state index in [4.69, 9.17) is 14.5 Å². The summed E-state index contributed by atoms with van der Waals surface area (Å²) in [5.74, 6) is 0.787. The topological polar surface area (TPSA) is 62.6 Å². The van der Waals surface area contributed by atoms with Crippen LogP contribution in [0.2, 0.25) is 0 Å². The van der Waals surface area contributed by atoms with Crippen LogP contribution >= 0.6 is 0 Å². The number of methoxy groups -OCH3 is 1. The van der Waals surface area contributed by atoms with Crippen LogP contribution in [0.4, 0.5) is 11.4 Å². The second kappa shape index (κ2) is 9.87. The summed E-state index contributed by atoms with van der Waals surface area (Å²) >= 11 is 0. The van der Waals surface area contributed by atoms with E-state index in [-0.39, 0.29) is 5.56 Å². The first kappa shape index (κ1) is 23.6. The number of hydrogen-bond donors (Lipinski definition) is 0. The summed E-state index contributed by atoms with van der Waals surface area (Å²) in [5.41, 5.74) is 5.22. The Balaban J connectivity index is 1.42. The number of fused-ring (bicyclic) bond motifs is 1. The van der Waals surface area contributed by atoms with E-state index in [2.05, 4.69) is 15.9 Å². The maximum absolute atomic E-state index is 13.2. The van der Waals surface area contributed by atoms with E-state index in [1.807, 2.05) is 50.3 Å². The molecule has 2 aromatic heterocycles. The molecule has 5 rings (SSSR count). The van der Waals surface area contributed by atoms with Gasteiger partial charge in [-0.25, -0.2) is 4.98 Å². The van der Waals surface area contributed by atoms with Crippen molar-refractivity contribution in [1.29, 1.82) is 0 Å². The van der Waals surface area contributed by atoms with Crippen LogP contribution in [-0.4, -0.2) is 80.9 Å². The van der Waals surface area contributed by atoms with Crippen molar-refractivity contribution in [2.24, 2.45) is 0 Å². The molecule has 3 aromatic rings. The Morgan fingerprint density at radius 1 is 1.06 bits per heavy atom. The van der Waals surface area contributed by atoms with Crippen LogP contribution < -0.4 is 20.1 Å². The lowest BCUT2D eigenvalue weighted by Gasteiger charge is -2.40. The zero-order chi connectivity index (χ0) is 24.5. The predicted octanol–water partition coefficient (Wildman–Crippen LogP) is 3.05. The molecule has 8 nitrogen and oxygen atoms in total. The van der Waals surface area contributed by atoms with Gasteiger partial charge >= 0.3 is 0 Å². The molecule has 0 amide bonds. The second-order valence-corrected chi connectivity index (χ2v) is 9.70. The number of nitrogens with zero attached hydrogens (tertiary/aromatic N) is 5. The molecular weight excluding hydrogens is 442 g/mol. The first-order valence-corrected chi connectivity index (χ1v) is 12.4. The van der Waals surface area contributed by atoms with E-state index in [9.17, 15) is 4.79 Å². The standard InChI is InChI=1S/C27H35N5O3/c1-19-15-22(30-9-7-21(8-10-30)31-11-13-35-14-12-31)18-32-26(33)17-23(28-27(19)32)20-5-6-25(34-4)24(16-20)29(2)3/h5-6,15-18,21H,7-14H2,1-4H3. The summed E-state index contributed by atoms with van der Waals surface area (Å²) in [6.45, 7) is 7.78. The number of ether oxygens (including phenoxy) is 2. The third-order valence-electron chi connectivity index (χ3n) is 7.28. The van der Waals surface area contributed by atoms with Gasteiger partial charge in [0.2, 0.25) is 0 Å². The minimum absolute atomic E-state index is 0.0691. The highest BCUT2D eigenvalue weighted by molar-refractivity contribution is 5.72. The number of anilines is 2. The van der Waals surface area contributed by atoms with Gasteiger partial charge in [-0.05, 0) is 49.6 Å². The van der Waals surface area contributed by atoms with Gasteiger partial charge in [-0.15, -0.1) is 0 Å². The van der Waals surface area contributed by atoms with Crippen LogP contribution in [0.25, 0.3) is 16.9 Å². The summed E-state index contributed by atoms with van der Waals surface area (Å²) in [4.78, 5) is 25.1. The Labute approximate surface area is 206 Å². The molecule has 2 saturated heterocycles. The van der Waals surface area contributed by atoms with Gasteiger partial charge in [-0.2, -0.15) is 0 Å². The maximum atomic E-state index is 13.2. The van der Waals surface area contributed by atoms with Crippen LogP contribution in [-0.2, 0) is 4.74 Å². The summed E-state index contributed by atoms with van der Waals surface area (Å²) in [6.07, 6.45) is 4.22. The number of rotatable bonds is 5. The molecule has 0 atom stereocenters. The van der Waals surface area contributed by atoms with Crippen LogP contribution in [0.5, 0.6) is 5.75 Å². The third kappa shape index (κ3) is 4.73. The van der Waals surface area contributed by atoms with E-state index < -0.39 is 0 Å². The lowest BCUT2D eigenvalue weighted by Crippen LogP contribution is -2.49. The number of morpholine rings is 1. The van der Waals surface area contributed by atoms with Gasteiger partial charge in [0.15, 0.2) is 0 Å². The van der Waals surface area contributed by atoms with E-state index in [0.29, 0.717) is 17.4 Å². The number of aromatic nitrogens is 2. The molecule has 8 heteroatoms. The van der Waals surface area contributed by atoms with Crippen molar-refractivity contribution in [1.82, 2.24) is 14.3 Å². The molecule has 2 aliphatic rings. The van der Waals surface area contributed by atoms with Crippen LogP contribution in [0.1, 0.15) is 18.4 Å². The van der Waals surface area contributed by atoms with Crippen molar-refractivity contribution >= 4 is 17.0 Å². The largest absolute Gasteiger partial charge is 0.495 e. The average Bonchev–Trinajstić information content (AvgIpc) is 2.89. The number of piperidine rings is 1. The highest BCUT2D eigenvalue weighted by Gasteiger charge is 2.26. The number of aryl methyl sites for hydroxylation is 1. The minimum atomic E-state index is -0.0691. The molecule has 2 aliphatic heterocycles. The van der Waals surface area contributed by atoms with Gasteiger partial charge in [-0.1, -0.05) is 0 Å². The fourth-order valence-corrected chi connectivity index (χ4v) is 5.30. The average molecular weight is 478 g/mol. The predicted molar refractivity (Wildman–Crippen MR) is 140 cm³/mol. The highest BCUT2D eigenvalue weighted by atomic mass is 16.5. The van der Waals surface area contributed by atoms with Crippen molar-refractivity contribution in [3.05, 3.63) is 52.4 Å². The molecule has 0 unspecified atom stereocenters. The fourth-order valence-electron chi connectivity index (χ4n) is 5.30. The molecule has 0 N–H and O–H groups in total. The highest BCUT2D eigenvalue weighted by Crippen LogP contribution is 2.32. The molecule has 2 fully saturated rings. The van der Waals surface area contributed by atoms with Gasteiger partial charge in [-0.3, -0.25) is 14.1 Å². The molecular formula is C27H35N5O3. The van der Waals surface area contributed by atoms with E-state index in [1.165, 1.54) is 0 Å². The Bertz CT molecular complexity index is 1260. The molecule has 186 valence electrons. The maximum Gasteiger partial charge on any atom is 0.258 e. The molecule has 0 aliphatic carbocycles.